The van der Waals surface area contributed by atoms with Gasteiger partial charge in [-0.05, 0) is 60.9 Å². The number of nitrogens with one attached hydrogen (secondary N) is 2. The van der Waals surface area contributed by atoms with E-state index in [9.17, 15) is 4.79 Å². The second-order valence-electron chi connectivity index (χ2n) is 6.03. The Morgan fingerprint density at radius 2 is 1.85 bits per heavy atom. The molecule has 0 saturated carbocycles. The topological polar surface area (TPSA) is 66.9 Å². The van der Waals surface area contributed by atoms with Gasteiger partial charge in [0.05, 0.1) is 10.7 Å². The molecule has 2 aromatic heterocycles. The Hall–Kier alpha value is -2.92. The fourth-order valence-electron chi connectivity index (χ4n) is 2.62. The zero-order chi connectivity index (χ0) is 18.5. The van der Waals surface area contributed by atoms with E-state index >= 15 is 0 Å². The molecule has 2 N–H and O–H groups in total. The van der Waals surface area contributed by atoms with Crippen molar-refractivity contribution in [1.82, 2.24) is 9.97 Å². The number of nitrogens with zero attached hydrogens (tertiary/aromatic N) is 2. The first-order valence-electron chi connectivity index (χ1n) is 8.20. The van der Waals surface area contributed by atoms with E-state index in [1.165, 1.54) is 0 Å². The molecule has 2 heterocycles. The highest BCUT2D eigenvalue weighted by Crippen LogP contribution is 2.27. The molecular formula is C20H19ClN4O. The Kier molecular flexibility index (Phi) is 5.49. The molecule has 132 valence electrons. The third kappa shape index (κ3) is 4.37. The molecular weight excluding hydrogens is 348 g/mol. The fourth-order valence-corrected chi connectivity index (χ4v) is 2.99. The number of carbonyl (C=O) groups is 1. The average Bonchev–Trinajstić information content (AvgIpc) is 2.64. The molecule has 0 radical (unpaired) electrons. The smallest absolute Gasteiger partial charge is 0.274 e. The number of rotatable bonds is 5. The number of benzene rings is 1. The Morgan fingerprint density at radius 1 is 1.08 bits per heavy atom. The molecule has 0 aliphatic rings. The summed E-state index contributed by atoms with van der Waals surface area (Å²) in [4.78, 5) is 20.7. The van der Waals surface area contributed by atoms with E-state index in [4.69, 9.17) is 11.6 Å². The lowest BCUT2D eigenvalue weighted by Crippen LogP contribution is -2.15. The summed E-state index contributed by atoms with van der Waals surface area (Å²) in [5.41, 5.74) is 4.81. The summed E-state index contributed by atoms with van der Waals surface area (Å²) in [5, 5.41) is 6.65. The minimum absolute atomic E-state index is 0.300. The Balaban J connectivity index is 1.72. The summed E-state index contributed by atoms with van der Waals surface area (Å²) >= 11 is 6.26. The molecule has 3 rings (SSSR count). The Bertz CT molecular complexity index is 905. The third-order valence-electron chi connectivity index (χ3n) is 3.91. The Labute approximate surface area is 157 Å². The molecule has 0 spiro atoms. The summed E-state index contributed by atoms with van der Waals surface area (Å²) in [6.07, 6.45) is 5.10. The number of hydrogen-bond acceptors (Lipinski definition) is 4. The fraction of sp³-hybridized carbons (Fsp3) is 0.150. The van der Waals surface area contributed by atoms with E-state index in [0.717, 1.165) is 22.4 Å². The van der Waals surface area contributed by atoms with E-state index in [1.807, 2.05) is 44.2 Å². The molecule has 3 aromatic rings. The van der Waals surface area contributed by atoms with E-state index in [2.05, 4.69) is 20.6 Å². The molecule has 6 heteroatoms. The molecule has 0 aliphatic carbocycles. The van der Waals surface area contributed by atoms with Crippen molar-refractivity contribution in [1.29, 1.82) is 0 Å². The molecule has 1 amide bonds. The van der Waals surface area contributed by atoms with Gasteiger partial charge in [-0.1, -0.05) is 17.7 Å². The van der Waals surface area contributed by atoms with E-state index in [-0.39, 0.29) is 5.91 Å². The van der Waals surface area contributed by atoms with Crippen LogP contribution < -0.4 is 10.6 Å². The summed E-state index contributed by atoms with van der Waals surface area (Å²) < 4.78 is 0. The van der Waals surface area contributed by atoms with Crippen LogP contribution in [0.25, 0.3) is 0 Å². The molecule has 26 heavy (non-hydrogen) atoms. The van der Waals surface area contributed by atoms with Crippen LogP contribution in [0.2, 0.25) is 5.02 Å². The number of carbonyl (C=O) groups excluding carboxylic acids is 1. The monoisotopic (exact) mass is 366 g/mol. The lowest BCUT2D eigenvalue weighted by atomic mass is 10.1. The van der Waals surface area contributed by atoms with Gasteiger partial charge in [-0.3, -0.25) is 14.8 Å². The molecule has 0 fully saturated rings. The molecule has 0 aliphatic heterocycles. The number of amides is 1. The highest BCUT2D eigenvalue weighted by atomic mass is 35.5. The van der Waals surface area contributed by atoms with Gasteiger partial charge in [0.25, 0.3) is 5.91 Å². The average molecular weight is 367 g/mol. The van der Waals surface area contributed by atoms with Crippen molar-refractivity contribution in [2.24, 2.45) is 0 Å². The largest absolute Gasteiger partial charge is 0.381 e. The van der Waals surface area contributed by atoms with Crippen LogP contribution in [0.3, 0.4) is 0 Å². The number of aromatic nitrogens is 2. The summed E-state index contributed by atoms with van der Waals surface area (Å²) in [6, 6.07) is 11.2. The summed E-state index contributed by atoms with van der Waals surface area (Å²) in [6.45, 7) is 4.51. The highest BCUT2D eigenvalue weighted by Gasteiger charge is 2.13. The molecule has 0 bridgehead atoms. The first kappa shape index (κ1) is 17.9. The highest BCUT2D eigenvalue weighted by molar-refractivity contribution is 6.34. The maximum Gasteiger partial charge on any atom is 0.274 e. The number of halogens is 1. The van der Waals surface area contributed by atoms with Crippen LogP contribution in [0, 0.1) is 13.8 Å². The zero-order valence-electron chi connectivity index (χ0n) is 14.6. The second-order valence-corrected chi connectivity index (χ2v) is 6.44. The van der Waals surface area contributed by atoms with Gasteiger partial charge in [-0.25, -0.2) is 0 Å². The van der Waals surface area contributed by atoms with Gasteiger partial charge in [-0.2, -0.15) is 0 Å². The maximum atomic E-state index is 12.6. The van der Waals surface area contributed by atoms with Crippen LogP contribution in [0.4, 0.5) is 11.4 Å². The molecule has 1 aromatic carbocycles. The standard InChI is InChI=1S/C20H19ClN4O/c1-13-9-14(2)19(17(21)10-13)25-20(26)18-11-16(5-8-23-18)24-12-15-3-6-22-7-4-15/h3-11H,12H2,1-2H3,(H,23,24)(H,25,26). The van der Waals surface area contributed by atoms with E-state index in [1.54, 1.807) is 24.7 Å². The second kappa shape index (κ2) is 7.97. The Morgan fingerprint density at radius 3 is 2.58 bits per heavy atom. The maximum absolute atomic E-state index is 12.6. The molecule has 5 nitrogen and oxygen atoms in total. The zero-order valence-corrected chi connectivity index (χ0v) is 15.3. The van der Waals surface area contributed by atoms with Gasteiger partial charge in [0.2, 0.25) is 0 Å². The molecule has 0 saturated heterocycles. The van der Waals surface area contributed by atoms with Crippen LogP contribution in [-0.2, 0) is 6.54 Å². The van der Waals surface area contributed by atoms with Gasteiger partial charge in [-0.15, -0.1) is 0 Å². The predicted molar refractivity (Wildman–Crippen MR) is 105 cm³/mol. The lowest BCUT2D eigenvalue weighted by Gasteiger charge is -2.12. The third-order valence-corrected chi connectivity index (χ3v) is 4.21. The quantitative estimate of drug-likeness (QED) is 0.691. The minimum Gasteiger partial charge on any atom is -0.381 e. The molecule has 0 unspecified atom stereocenters. The van der Waals surface area contributed by atoms with Crippen LogP contribution in [0.1, 0.15) is 27.2 Å². The number of pyridine rings is 2. The van der Waals surface area contributed by atoms with Crippen LogP contribution in [0.5, 0.6) is 0 Å². The van der Waals surface area contributed by atoms with Crippen molar-refractivity contribution in [2.75, 3.05) is 10.6 Å². The number of hydrogen-bond donors (Lipinski definition) is 2. The van der Waals surface area contributed by atoms with Crippen molar-refractivity contribution in [3.63, 3.8) is 0 Å². The summed E-state index contributed by atoms with van der Waals surface area (Å²) in [7, 11) is 0. The van der Waals surface area contributed by atoms with Crippen molar-refractivity contribution < 1.29 is 4.79 Å². The van der Waals surface area contributed by atoms with Gasteiger partial charge in [0.15, 0.2) is 0 Å². The lowest BCUT2D eigenvalue weighted by molar-refractivity contribution is 0.102. The normalized spacial score (nSPS) is 10.4. The number of anilines is 2. The first-order chi connectivity index (χ1) is 12.5. The van der Waals surface area contributed by atoms with E-state index in [0.29, 0.717) is 22.9 Å². The van der Waals surface area contributed by atoms with Crippen molar-refractivity contribution >= 4 is 28.9 Å². The first-order valence-corrected chi connectivity index (χ1v) is 8.57. The van der Waals surface area contributed by atoms with Gasteiger partial charge in [0.1, 0.15) is 5.69 Å². The number of aryl methyl sites for hydroxylation is 2. The van der Waals surface area contributed by atoms with Gasteiger partial charge in [0, 0.05) is 30.8 Å². The van der Waals surface area contributed by atoms with Crippen molar-refractivity contribution in [2.45, 2.75) is 20.4 Å². The predicted octanol–water partition coefficient (Wildman–Crippen LogP) is 4.61. The SMILES string of the molecule is Cc1cc(C)c(NC(=O)c2cc(NCc3ccncc3)ccn2)c(Cl)c1. The van der Waals surface area contributed by atoms with Gasteiger partial charge >= 0.3 is 0 Å². The van der Waals surface area contributed by atoms with Crippen LogP contribution in [-0.4, -0.2) is 15.9 Å². The van der Waals surface area contributed by atoms with Gasteiger partial charge < -0.3 is 10.6 Å². The van der Waals surface area contributed by atoms with Crippen molar-refractivity contribution in [3.05, 3.63) is 82.4 Å². The van der Waals surface area contributed by atoms with Crippen molar-refractivity contribution in [3.8, 4) is 0 Å². The van der Waals surface area contributed by atoms with Crippen LogP contribution in [0.15, 0.2) is 55.0 Å². The van der Waals surface area contributed by atoms with Crippen LogP contribution >= 0.6 is 11.6 Å². The summed E-state index contributed by atoms with van der Waals surface area (Å²) in [5.74, 6) is -0.300. The van der Waals surface area contributed by atoms with E-state index < -0.39 is 0 Å². The minimum atomic E-state index is -0.300. The molecule has 0 atom stereocenters.